The van der Waals surface area contributed by atoms with Gasteiger partial charge in [-0.3, -0.25) is 9.69 Å². The zero-order chi connectivity index (χ0) is 21.3. The van der Waals surface area contributed by atoms with Gasteiger partial charge in [0.1, 0.15) is 6.61 Å². The summed E-state index contributed by atoms with van der Waals surface area (Å²) < 4.78 is 12.9. The van der Waals surface area contributed by atoms with Gasteiger partial charge in [0.15, 0.2) is 16.6 Å². The summed E-state index contributed by atoms with van der Waals surface area (Å²) in [6.07, 6.45) is 0.158. The zero-order valence-corrected chi connectivity index (χ0v) is 18.7. The molecule has 0 bridgehead atoms. The summed E-state index contributed by atoms with van der Waals surface area (Å²) in [6.45, 7) is 5.82. The highest BCUT2D eigenvalue weighted by atomic mass is 32.1. The van der Waals surface area contributed by atoms with Crippen molar-refractivity contribution in [2.75, 3.05) is 38.7 Å². The molecule has 2 heterocycles. The number of para-hydroxylation sites is 2. The molecule has 1 atom stereocenters. The van der Waals surface area contributed by atoms with Crippen LogP contribution in [0.2, 0.25) is 0 Å². The molecule has 158 valence electrons. The Morgan fingerprint density at radius 1 is 1.13 bits per heavy atom. The van der Waals surface area contributed by atoms with Gasteiger partial charge in [-0.05, 0) is 70.2 Å². The Bertz CT molecular complexity index is 1060. The number of carbonyl (C=O) groups is 1. The SMILES string of the molecule is Cc1ccc2sc(N(CCCN(C)C)C(=O)[C@H]3COc4ccccc4O3)nc2c1C. The molecule has 0 radical (unpaired) electrons. The third-order valence-corrected chi connectivity index (χ3v) is 6.39. The van der Waals surface area contributed by atoms with Crippen molar-refractivity contribution in [2.45, 2.75) is 26.4 Å². The molecule has 1 aliphatic rings. The average molecular weight is 426 g/mol. The van der Waals surface area contributed by atoms with Crippen LogP contribution in [0.3, 0.4) is 0 Å². The summed E-state index contributed by atoms with van der Waals surface area (Å²) in [4.78, 5) is 22.2. The van der Waals surface area contributed by atoms with Crippen molar-refractivity contribution in [3.8, 4) is 11.5 Å². The highest BCUT2D eigenvalue weighted by molar-refractivity contribution is 7.22. The molecular weight excluding hydrogens is 398 g/mol. The number of hydrogen-bond donors (Lipinski definition) is 0. The Kier molecular flexibility index (Phi) is 5.92. The molecule has 0 saturated heterocycles. The second kappa shape index (κ2) is 8.62. The number of rotatable bonds is 6. The number of hydrogen-bond acceptors (Lipinski definition) is 6. The highest BCUT2D eigenvalue weighted by Crippen LogP contribution is 2.34. The van der Waals surface area contributed by atoms with E-state index in [-0.39, 0.29) is 12.5 Å². The first-order chi connectivity index (χ1) is 14.4. The van der Waals surface area contributed by atoms with Crippen LogP contribution in [0.25, 0.3) is 10.2 Å². The van der Waals surface area contributed by atoms with E-state index >= 15 is 0 Å². The van der Waals surface area contributed by atoms with Gasteiger partial charge in [-0.25, -0.2) is 4.98 Å². The van der Waals surface area contributed by atoms with E-state index in [0.717, 1.165) is 28.7 Å². The predicted octanol–water partition coefficient (Wildman–Crippen LogP) is 4.04. The van der Waals surface area contributed by atoms with Crippen molar-refractivity contribution in [2.24, 2.45) is 0 Å². The molecule has 2 aromatic carbocycles. The summed E-state index contributed by atoms with van der Waals surface area (Å²) in [5.74, 6) is 1.16. The van der Waals surface area contributed by atoms with E-state index in [1.54, 1.807) is 16.2 Å². The van der Waals surface area contributed by atoms with Gasteiger partial charge < -0.3 is 14.4 Å². The predicted molar refractivity (Wildman–Crippen MR) is 121 cm³/mol. The minimum Gasteiger partial charge on any atom is -0.485 e. The molecule has 0 unspecified atom stereocenters. The first-order valence-corrected chi connectivity index (χ1v) is 11.0. The fraction of sp³-hybridized carbons (Fsp3) is 0.391. The summed E-state index contributed by atoms with van der Waals surface area (Å²) in [6, 6.07) is 11.6. The molecule has 30 heavy (non-hydrogen) atoms. The Hall–Kier alpha value is -2.64. The molecule has 1 aliphatic heterocycles. The zero-order valence-electron chi connectivity index (χ0n) is 17.8. The first kappa shape index (κ1) is 20.6. The van der Waals surface area contributed by atoms with Crippen LogP contribution in [-0.2, 0) is 4.79 Å². The van der Waals surface area contributed by atoms with Crippen LogP contribution >= 0.6 is 11.3 Å². The number of fused-ring (bicyclic) bond motifs is 2. The highest BCUT2D eigenvalue weighted by Gasteiger charge is 2.33. The fourth-order valence-electron chi connectivity index (χ4n) is 3.49. The summed E-state index contributed by atoms with van der Waals surface area (Å²) >= 11 is 1.55. The fourth-order valence-corrected chi connectivity index (χ4v) is 4.55. The molecule has 1 amide bonds. The number of aromatic nitrogens is 1. The molecule has 0 saturated carbocycles. The molecular formula is C23H27N3O3S. The van der Waals surface area contributed by atoms with Crippen LogP contribution < -0.4 is 14.4 Å². The minimum absolute atomic E-state index is 0.114. The molecule has 4 rings (SSSR count). The standard InChI is InChI=1S/C23H27N3O3S/c1-15-10-11-20-21(16(15)2)24-23(30-20)26(13-7-12-25(3)4)22(27)19-14-28-17-8-5-6-9-18(17)29-19/h5-6,8-11,19H,7,12-14H2,1-4H3/t19-/m1/s1. The van der Waals surface area contributed by atoms with E-state index < -0.39 is 6.10 Å². The molecule has 7 heteroatoms. The van der Waals surface area contributed by atoms with Crippen molar-refractivity contribution in [3.05, 3.63) is 47.5 Å². The smallest absolute Gasteiger partial charge is 0.273 e. The number of anilines is 1. The third-order valence-electron chi connectivity index (χ3n) is 5.34. The van der Waals surface area contributed by atoms with Gasteiger partial charge in [0.25, 0.3) is 5.91 Å². The number of benzene rings is 2. The summed E-state index contributed by atoms with van der Waals surface area (Å²) in [5, 5.41) is 0.713. The lowest BCUT2D eigenvalue weighted by Gasteiger charge is -2.29. The number of nitrogens with zero attached hydrogens (tertiary/aromatic N) is 3. The molecule has 0 N–H and O–H groups in total. The first-order valence-electron chi connectivity index (χ1n) is 10.2. The Morgan fingerprint density at radius 2 is 1.90 bits per heavy atom. The van der Waals surface area contributed by atoms with Gasteiger partial charge in [0, 0.05) is 6.54 Å². The average Bonchev–Trinajstić information content (AvgIpc) is 3.17. The molecule has 3 aromatic rings. The lowest BCUT2D eigenvalue weighted by molar-refractivity contribution is -0.127. The van der Waals surface area contributed by atoms with Gasteiger partial charge in [0.05, 0.1) is 10.2 Å². The molecule has 6 nitrogen and oxygen atoms in total. The maximum atomic E-state index is 13.5. The van der Waals surface area contributed by atoms with E-state index in [2.05, 4.69) is 30.9 Å². The topological polar surface area (TPSA) is 54.9 Å². The quantitative estimate of drug-likeness (QED) is 0.597. The summed E-state index contributed by atoms with van der Waals surface area (Å²) in [5.41, 5.74) is 3.32. The number of amides is 1. The van der Waals surface area contributed by atoms with Crippen molar-refractivity contribution in [1.82, 2.24) is 9.88 Å². The van der Waals surface area contributed by atoms with Crippen LogP contribution in [0.5, 0.6) is 11.5 Å². The van der Waals surface area contributed by atoms with Crippen LogP contribution in [-0.4, -0.2) is 55.7 Å². The minimum atomic E-state index is -0.686. The van der Waals surface area contributed by atoms with Crippen LogP contribution in [0.4, 0.5) is 5.13 Å². The van der Waals surface area contributed by atoms with E-state index in [1.807, 2.05) is 38.4 Å². The molecule has 0 aliphatic carbocycles. The van der Waals surface area contributed by atoms with Crippen LogP contribution in [0.15, 0.2) is 36.4 Å². The normalized spacial score (nSPS) is 15.6. The van der Waals surface area contributed by atoms with Crippen molar-refractivity contribution in [3.63, 3.8) is 0 Å². The lowest BCUT2D eigenvalue weighted by Crippen LogP contribution is -2.47. The van der Waals surface area contributed by atoms with E-state index in [9.17, 15) is 4.79 Å². The van der Waals surface area contributed by atoms with Gasteiger partial charge in [-0.2, -0.15) is 0 Å². The van der Waals surface area contributed by atoms with E-state index in [0.29, 0.717) is 23.2 Å². The monoisotopic (exact) mass is 425 g/mol. The van der Waals surface area contributed by atoms with E-state index in [4.69, 9.17) is 14.5 Å². The Morgan fingerprint density at radius 3 is 2.67 bits per heavy atom. The van der Waals surface area contributed by atoms with Gasteiger partial charge >= 0.3 is 0 Å². The van der Waals surface area contributed by atoms with Gasteiger partial charge in [0.2, 0.25) is 6.10 Å². The second-order valence-corrected chi connectivity index (χ2v) is 8.87. The molecule has 0 spiro atoms. The van der Waals surface area contributed by atoms with Crippen LogP contribution in [0.1, 0.15) is 17.5 Å². The number of carbonyl (C=O) groups excluding carboxylic acids is 1. The van der Waals surface area contributed by atoms with Crippen molar-refractivity contribution >= 4 is 32.6 Å². The van der Waals surface area contributed by atoms with Crippen molar-refractivity contribution in [1.29, 1.82) is 0 Å². The van der Waals surface area contributed by atoms with Crippen LogP contribution in [0, 0.1) is 13.8 Å². The maximum absolute atomic E-state index is 13.5. The molecule has 0 fully saturated rings. The Labute approximate surface area is 181 Å². The number of thiazole rings is 1. The van der Waals surface area contributed by atoms with Gasteiger partial charge in [-0.15, -0.1) is 0 Å². The van der Waals surface area contributed by atoms with E-state index in [1.165, 1.54) is 5.56 Å². The van der Waals surface area contributed by atoms with Gasteiger partial charge in [-0.1, -0.05) is 29.5 Å². The second-order valence-electron chi connectivity index (χ2n) is 7.86. The summed E-state index contributed by atoms with van der Waals surface area (Å²) in [7, 11) is 4.07. The maximum Gasteiger partial charge on any atom is 0.273 e. The number of aryl methyl sites for hydroxylation is 2. The third kappa shape index (κ3) is 4.13. The molecule has 1 aromatic heterocycles. The Balaban J connectivity index is 1.63. The van der Waals surface area contributed by atoms with Crippen molar-refractivity contribution < 1.29 is 14.3 Å². The largest absolute Gasteiger partial charge is 0.485 e. The number of ether oxygens (including phenoxy) is 2. The lowest BCUT2D eigenvalue weighted by atomic mass is 10.1.